The highest BCUT2D eigenvalue weighted by Gasteiger charge is 2.78. The molecule has 1 amide bonds. The quantitative estimate of drug-likeness (QED) is 0.206. The first-order valence-electron chi connectivity index (χ1n) is 11.8. The van der Waals surface area contributed by atoms with E-state index in [0.29, 0.717) is 6.42 Å². The Morgan fingerprint density at radius 3 is 1.77 bits per heavy atom. The van der Waals surface area contributed by atoms with Gasteiger partial charge in [0.25, 0.3) is 0 Å². The van der Waals surface area contributed by atoms with E-state index in [9.17, 15) is 18.0 Å². The van der Waals surface area contributed by atoms with Crippen LogP contribution in [-0.2, 0) is 4.79 Å². The number of rotatable bonds is 15. The summed E-state index contributed by atoms with van der Waals surface area (Å²) in [5.41, 5.74) is -2.07. The minimum atomic E-state index is -4.13. The first kappa shape index (κ1) is 25.5. The van der Waals surface area contributed by atoms with Crippen LogP contribution in [0.15, 0.2) is 48.6 Å². The van der Waals surface area contributed by atoms with Gasteiger partial charge in [-0.2, -0.15) is 13.2 Å². The highest BCUT2D eigenvalue weighted by molar-refractivity contribution is 5.77. The minimum absolute atomic E-state index is 0.0619. The van der Waals surface area contributed by atoms with E-state index in [1.807, 2.05) is 0 Å². The van der Waals surface area contributed by atoms with Gasteiger partial charge >= 0.3 is 6.18 Å². The molecule has 0 aromatic heterocycles. The predicted octanol–water partition coefficient (Wildman–Crippen LogP) is 7.73. The monoisotopic (exact) mass is 437 g/mol. The van der Waals surface area contributed by atoms with Crippen LogP contribution in [0.5, 0.6) is 0 Å². The molecule has 3 saturated carbocycles. The Morgan fingerprint density at radius 1 is 0.806 bits per heavy atom. The van der Waals surface area contributed by atoms with Crippen molar-refractivity contribution in [2.24, 2.45) is 5.41 Å². The van der Waals surface area contributed by atoms with Gasteiger partial charge in [-0.3, -0.25) is 4.79 Å². The van der Waals surface area contributed by atoms with Crippen molar-refractivity contribution in [2.75, 3.05) is 0 Å². The van der Waals surface area contributed by atoms with Crippen molar-refractivity contribution in [3.05, 3.63) is 48.6 Å². The molecule has 3 aliphatic carbocycles. The van der Waals surface area contributed by atoms with E-state index in [4.69, 9.17) is 0 Å². The van der Waals surface area contributed by atoms with Crippen LogP contribution in [0.2, 0.25) is 0 Å². The van der Waals surface area contributed by atoms with E-state index in [1.165, 1.54) is 25.7 Å². The predicted molar refractivity (Wildman–Crippen MR) is 122 cm³/mol. The number of amides is 1. The molecule has 0 heterocycles. The minimum Gasteiger partial charge on any atom is -0.351 e. The number of unbranched alkanes of at least 4 members (excludes halogenated alkanes) is 4. The average Bonchev–Trinajstić information content (AvgIpc) is 2.65. The summed E-state index contributed by atoms with van der Waals surface area (Å²) in [6.45, 7) is 2.22. The van der Waals surface area contributed by atoms with Crippen molar-refractivity contribution in [1.82, 2.24) is 5.32 Å². The molecule has 0 aliphatic heterocycles. The lowest BCUT2D eigenvalue weighted by Gasteiger charge is -2.70. The van der Waals surface area contributed by atoms with Crippen LogP contribution >= 0.6 is 0 Å². The Morgan fingerprint density at radius 2 is 1.29 bits per heavy atom. The summed E-state index contributed by atoms with van der Waals surface area (Å²) in [4.78, 5) is 12.0. The van der Waals surface area contributed by atoms with Crippen LogP contribution in [0, 0.1) is 5.41 Å². The normalized spacial score (nSPS) is 25.5. The third kappa shape index (κ3) is 8.01. The average molecular weight is 438 g/mol. The van der Waals surface area contributed by atoms with Gasteiger partial charge in [-0.05, 0) is 64.2 Å². The number of carbonyl (C=O) groups excluding carboxylic acids is 1. The second-order valence-corrected chi connectivity index (χ2v) is 9.12. The van der Waals surface area contributed by atoms with Crippen LogP contribution in [0.4, 0.5) is 13.2 Å². The summed E-state index contributed by atoms with van der Waals surface area (Å²) in [7, 11) is 0. The Labute approximate surface area is 185 Å². The van der Waals surface area contributed by atoms with Gasteiger partial charge in [0.05, 0.1) is 5.41 Å². The number of hydrogen-bond acceptors (Lipinski definition) is 1. The second-order valence-electron chi connectivity index (χ2n) is 9.12. The summed E-state index contributed by atoms with van der Waals surface area (Å²) in [5, 5.41) is 2.83. The molecule has 0 aromatic rings. The molecule has 5 heteroatoms. The summed E-state index contributed by atoms with van der Waals surface area (Å²) < 4.78 is 38.5. The van der Waals surface area contributed by atoms with E-state index in [2.05, 4.69) is 60.8 Å². The lowest BCUT2D eigenvalue weighted by atomic mass is 9.39. The smallest absolute Gasteiger partial charge is 0.351 e. The highest BCUT2D eigenvalue weighted by Crippen LogP contribution is 2.73. The summed E-state index contributed by atoms with van der Waals surface area (Å²) >= 11 is 0. The Bertz CT molecular complexity index is 653. The number of hydrogen-bond donors (Lipinski definition) is 1. The number of nitrogens with one attached hydrogen (secondary N) is 1. The molecule has 2 nitrogen and oxygen atoms in total. The number of halogens is 3. The molecular weight excluding hydrogens is 399 g/mol. The van der Waals surface area contributed by atoms with Crippen molar-refractivity contribution in [2.45, 2.75) is 102 Å². The third-order valence-corrected chi connectivity index (χ3v) is 6.27. The topological polar surface area (TPSA) is 29.1 Å². The number of allylic oxidation sites excluding steroid dienone is 8. The molecule has 0 unspecified atom stereocenters. The van der Waals surface area contributed by atoms with Gasteiger partial charge in [0.1, 0.15) is 0 Å². The van der Waals surface area contributed by atoms with Crippen molar-refractivity contribution < 1.29 is 18.0 Å². The molecule has 0 aromatic carbocycles. The largest absolute Gasteiger partial charge is 0.394 e. The maximum absolute atomic E-state index is 12.8. The maximum atomic E-state index is 12.8. The molecule has 31 heavy (non-hydrogen) atoms. The van der Waals surface area contributed by atoms with E-state index in [1.54, 1.807) is 0 Å². The van der Waals surface area contributed by atoms with E-state index in [0.717, 1.165) is 32.1 Å². The van der Waals surface area contributed by atoms with Crippen molar-refractivity contribution in [3.8, 4) is 0 Å². The molecule has 3 fully saturated rings. The van der Waals surface area contributed by atoms with Crippen molar-refractivity contribution in [3.63, 3.8) is 0 Å². The Hall–Kier alpha value is -1.78. The Balaban J connectivity index is 1.41. The lowest BCUT2D eigenvalue weighted by Crippen LogP contribution is -2.78. The van der Waals surface area contributed by atoms with E-state index < -0.39 is 17.1 Å². The van der Waals surface area contributed by atoms with Gasteiger partial charge in [-0.15, -0.1) is 0 Å². The molecule has 1 N–H and O–H groups in total. The molecule has 3 aliphatic rings. The first-order valence-corrected chi connectivity index (χ1v) is 11.8. The van der Waals surface area contributed by atoms with Gasteiger partial charge in [0.15, 0.2) is 0 Å². The molecule has 0 radical (unpaired) electrons. The lowest BCUT2D eigenvalue weighted by molar-refractivity contribution is -0.337. The second kappa shape index (κ2) is 12.3. The van der Waals surface area contributed by atoms with Crippen molar-refractivity contribution in [1.29, 1.82) is 0 Å². The fourth-order valence-electron chi connectivity index (χ4n) is 4.52. The standard InChI is InChI=1S/C26H38F3NO/c1-2-3-4-5-6-7-8-9-10-11-12-13-14-15-16-17-18-19-23(31)30-25-20-24(21-25,22-25)26(27,28)29/h6-7,9-10,12-13,15-16H,2-5,8,11,14,17-22H2,1H3,(H,30,31)/b7-6-,10-9-,13-12-,16-15-. The van der Waals surface area contributed by atoms with Gasteiger partial charge in [-0.25, -0.2) is 0 Å². The van der Waals surface area contributed by atoms with E-state index >= 15 is 0 Å². The van der Waals surface area contributed by atoms with E-state index in [-0.39, 0.29) is 25.2 Å². The van der Waals surface area contributed by atoms with Crippen LogP contribution < -0.4 is 5.32 Å². The fraction of sp³-hybridized carbons (Fsp3) is 0.654. The maximum Gasteiger partial charge on any atom is 0.394 e. The van der Waals surface area contributed by atoms with Gasteiger partial charge in [-0.1, -0.05) is 68.4 Å². The molecule has 3 rings (SSSR count). The zero-order chi connectivity index (χ0) is 22.6. The van der Waals surface area contributed by atoms with Crippen LogP contribution in [0.3, 0.4) is 0 Å². The van der Waals surface area contributed by atoms with Crippen molar-refractivity contribution >= 4 is 5.91 Å². The number of carbonyl (C=O) groups is 1. The zero-order valence-corrected chi connectivity index (χ0v) is 18.9. The van der Waals surface area contributed by atoms with Gasteiger partial charge in [0, 0.05) is 12.0 Å². The molecule has 0 spiro atoms. The summed E-state index contributed by atoms with van der Waals surface area (Å²) in [6.07, 6.45) is 23.1. The summed E-state index contributed by atoms with van der Waals surface area (Å²) in [5.74, 6) is -0.119. The first-order chi connectivity index (χ1) is 14.8. The Kier molecular flexibility index (Phi) is 10.1. The highest BCUT2D eigenvalue weighted by atomic mass is 19.4. The van der Waals surface area contributed by atoms with Crippen LogP contribution in [-0.4, -0.2) is 17.6 Å². The zero-order valence-electron chi connectivity index (χ0n) is 18.9. The third-order valence-electron chi connectivity index (χ3n) is 6.27. The summed E-state index contributed by atoms with van der Waals surface area (Å²) in [6, 6.07) is 0. The SMILES string of the molecule is CCCCC/C=C\C/C=C\C/C=C\C/C=C\CCCC(=O)NC12CC(C(F)(F)F)(C1)C2. The number of alkyl halides is 3. The molecule has 0 saturated heterocycles. The van der Waals surface area contributed by atoms with Crippen LogP contribution in [0.1, 0.15) is 90.4 Å². The van der Waals surface area contributed by atoms with Crippen LogP contribution in [0.25, 0.3) is 0 Å². The molecule has 174 valence electrons. The van der Waals surface area contributed by atoms with Gasteiger partial charge in [0.2, 0.25) is 5.91 Å². The fourth-order valence-corrected chi connectivity index (χ4v) is 4.52. The van der Waals surface area contributed by atoms with Gasteiger partial charge < -0.3 is 5.32 Å². The molecule has 2 bridgehead atoms. The molecular formula is C26H38F3NO. The molecule has 0 atom stereocenters.